The normalized spacial score (nSPS) is 16.3. The number of carbonyl (C=O) groups is 1. The van der Waals surface area contributed by atoms with Crippen LogP contribution in [0.1, 0.15) is 34.7 Å². The van der Waals surface area contributed by atoms with Crippen LogP contribution in [-0.4, -0.2) is 5.91 Å². The number of nitrogens with one attached hydrogen (secondary N) is 1. The Bertz CT molecular complexity index is 905. The Morgan fingerprint density at radius 1 is 1.17 bits per heavy atom. The van der Waals surface area contributed by atoms with Crippen molar-refractivity contribution in [3.63, 3.8) is 0 Å². The third-order valence-corrected chi connectivity index (χ3v) is 4.17. The van der Waals surface area contributed by atoms with Crippen molar-refractivity contribution >= 4 is 16.9 Å². The van der Waals surface area contributed by atoms with E-state index in [0.717, 1.165) is 25.0 Å². The highest BCUT2D eigenvalue weighted by Gasteiger charge is 2.48. The van der Waals surface area contributed by atoms with E-state index in [0.29, 0.717) is 11.1 Å². The molecule has 0 unspecified atom stereocenters. The summed E-state index contributed by atoms with van der Waals surface area (Å²) >= 11 is 0. The van der Waals surface area contributed by atoms with Gasteiger partial charge in [-0.3, -0.25) is 4.79 Å². The van der Waals surface area contributed by atoms with Crippen molar-refractivity contribution in [3.8, 4) is 0 Å². The molecule has 1 aromatic carbocycles. The van der Waals surface area contributed by atoms with Crippen molar-refractivity contribution in [2.45, 2.75) is 24.6 Å². The first kappa shape index (κ1) is 14.9. The van der Waals surface area contributed by atoms with Crippen LogP contribution >= 0.6 is 0 Å². The van der Waals surface area contributed by atoms with E-state index in [1.807, 2.05) is 0 Å². The lowest BCUT2D eigenvalue weighted by Crippen LogP contribution is -2.34. The Morgan fingerprint density at radius 3 is 2.58 bits per heavy atom. The minimum Gasteiger partial charge on any atom is -0.467 e. The quantitative estimate of drug-likeness (QED) is 0.769. The van der Waals surface area contributed by atoms with Gasteiger partial charge >= 0.3 is 6.18 Å². The zero-order valence-corrected chi connectivity index (χ0v) is 12.3. The van der Waals surface area contributed by atoms with Crippen molar-refractivity contribution in [3.05, 3.63) is 59.7 Å². The zero-order chi connectivity index (χ0) is 16.9. The molecule has 4 rings (SSSR count). The molecular formula is C17H12F3NO3. The van der Waals surface area contributed by atoms with E-state index in [4.69, 9.17) is 8.83 Å². The molecule has 3 aromatic rings. The lowest BCUT2D eigenvalue weighted by molar-refractivity contribution is -0.137. The van der Waals surface area contributed by atoms with E-state index >= 15 is 0 Å². The van der Waals surface area contributed by atoms with Crippen molar-refractivity contribution in [1.29, 1.82) is 0 Å². The fraction of sp³-hybridized carbons (Fsp3) is 0.235. The van der Waals surface area contributed by atoms with Crippen LogP contribution in [0.5, 0.6) is 0 Å². The Hall–Kier alpha value is -2.70. The van der Waals surface area contributed by atoms with Crippen LogP contribution in [0.15, 0.2) is 51.5 Å². The molecule has 1 saturated carbocycles. The number of halogens is 3. The van der Waals surface area contributed by atoms with Crippen molar-refractivity contribution in [2.24, 2.45) is 0 Å². The summed E-state index contributed by atoms with van der Waals surface area (Å²) in [6, 6.07) is 8.10. The fourth-order valence-corrected chi connectivity index (χ4v) is 2.71. The minimum absolute atomic E-state index is 0.0258. The molecule has 1 aliphatic rings. The molecule has 4 nitrogen and oxygen atoms in total. The predicted molar refractivity (Wildman–Crippen MR) is 78.3 cm³/mol. The van der Waals surface area contributed by atoms with E-state index < -0.39 is 23.2 Å². The number of hydrogen-bond acceptors (Lipinski definition) is 3. The molecule has 124 valence electrons. The highest BCUT2D eigenvalue weighted by molar-refractivity contribution is 5.96. The fourth-order valence-electron chi connectivity index (χ4n) is 2.71. The molecule has 1 N–H and O–H groups in total. The Labute approximate surface area is 134 Å². The van der Waals surface area contributed by atoms with Crippen LogP contribution < -0.4 is 5.32 Å². The summed E-state index contributed by atoms with van der Waals surface area (Å²) in [4.78, 5) is 12.4. The van der Waals surface area contributed by atoms with Gasteiger partial charge in [0.2, 0.25) is 0 Å². The van der Waals surface area contributed by atoms with Crippen LogP contribution in [0.4, 0.5) is 13.2 Å². The summed E-state index contributed by atoms with van der Waals surface area (Å²) in [6.45, 7) is 0. The first-order valence-electron chi connectivity index (χ1n) is 7.35. The zero-order valence-electron chi connectivity index (χ0n) is 12.3. The highest BCUT2D eigenvalue weighted by atomic mass is 19.4. The molecule has 0 saturated heterocycles. The molecule has 1 aliphatic carbocycles. The predicted octanol–water partition coefficient (Wildman–Crippen LogP) is 4.46. The number of furan rings is 2. The van der Waals surface area contributed by atoms with E-state index in [9.17, 15) is 18.0 Å². The second-order valence-electron chi connectivity index (χ2n) is 5.87. The summed E-state index contributed by atoms with van der Waals surface area (Å²) in [6.07, 6.45) is -1.45. The number of carbonyl (C=O) groups excluding carboxylic acids is 1. The second kappa shape index (κ2) is 4.90. The Kier molecular flexibility index (Phi) is 3.03. The number of hydrogen-bond donors (Lipinski definition) is 1. The smallest absolute Gasteiger partial charge is 0.416 e. The first-order valence-corrected chi connectivity index (χ1v) is 7.35. The molecule has 2 heterocycles. The summed E-state index contributed by atoms with van der Waals surface area (Å²) in [5, 5.41) is 3.28. The summed E-state index contributed by atoms with van der Waals surface area (Å²) in [5.74, 6) is 0.155. The highest BCUT2D eigenvalue weighted by Crippen LogP contribution is 2.46. The van der Waals surface area contributed by atoms with Gasteiger partial charge in [-0.15, -0.1) is 0 Å². The number of amides is 1. The summed E-state index contributed by atoms with van der Waals surface area (Å²) < 4.78 is 48.9. The van der Waals surface area contributed by atoms with Gasteiger partial charge in [-0.2, -0.15) is 13.2 Å². The van der Waals surface area contributed by atoms with Crippen LogP contribution in [0.25, 0.3) is 11.0 Å². The maximum absolute atomic E-state index is 12.7. The number of fused-ring (bicyclic) bond motifs is 1. The van der Waals surface area contributed by atoms with Crippen LogP contribution in [0, 0.1) is 0 Å². The third-order valence-electron chi connectivity index (χ3n) is 4.17. The topological polar surface area (TPSA) is 55.4 Å². The number of rotatable bonds is 3. The van der Waals surface area contributed by atoms with Gasteiger partial charge in [-0.25, -0.2) is 0 Å². The molecule has 1 fully saturated rings. The first-order chi connectivity index (χ1) is 11.4. The van der Waals surface area contributed by atoms with Crippen molar-refractivity contribution in [2.75, 3.05) is 0 Å². The van der Waals surface area contributed by atoms with Gasteiger partial charge in [0, 0.05) is 5.39 Å². The third kappa shape index (κ3) is 2.46. The lowest BCUT2D eigenvalue weighted by atomic mass is 10.1. The van der Waals surface area contributed by atoms with Crippen molar-refractivity contribution < 1.29 is 26.8 Å². The Morgan fingerprint density at radius 2 is 1.96 bits per heavy atom. The van der Waals surface area contributed by atoms with Gasteiger partial charge in [0.05, 0.1) is 17.4 Å². The largest absolute Gasteiger partial charge is 0.467 e. The van der Waals surface area contributed by atoms with E-state index in [-0.39, 0.29) is 11.3 Å². The van der Waals surface area contributed by atoms with Crippen molar-refractivity contribution in [1.82, 2.24) is 5.32 Å². The maximum Gasteiger partial charge on any atom is 0.416 e. The molecule has 0 bridgehead atoms. The number of alkyl halides is 3. The average molecular weight is 335 g/mol. The van der Waals surface area contributed by atoms with Gasteiger partial charge in [0.25, 0.3) is 5.91 Å². The molecule has 0 spiro atoms. The molecule has 0 atom stereocenters. The standard InChI is InChI=1S/C17H12F3NO3/c18-17(19,20)11-4-3-10-8-13(24-12(10)9-11)15(22)21-16(5-6-16)14-2-1-7-23-14/h1-4,7-9H,5-6H2,(H,21,22). The van der Waals surface area contributed by atoms with E-state index in [1.165, 1.54) is 18.4 Å². The minimum atomic E-state index is -4.46. The van der Waals surface area contributed by atoms with Crippen LogP contribution in [-0.2, 0) is 11.7 Å². The SMILES string of the molecule is O=C(NC1(c2ccco2)CC1)c1cc2ccc(C(F)(F)F)cc2o1. The molecule has 2 aromatic heterocycles. The summed E-state index contributed by atoms with van der Waals surface area (Å²) in [7, 11) is 0. The lowest BCUT2D eigenvalue weighted by Gasteiger charge is -2.13. The second-order valence-corrected chi connectivity index (χ2v) is 5.87. The summed E-state index contributed by atoms with van der Waals surface area (Å²) in [5.41, 5.74) is -1.33. The molecule has 0 aliphatic heterocycles. The monoisotopic (exact) mass is 335 g/mol. The van der Waals surface area contributed by atoms with Gasteiger partial charge in [-0.1, -0.05) is 6.07 Å². The van der Waals surface area contributed by atoms with Crippen LogP contribution in [0.3, 0.4) is 0 Å². The van der Waals surface area contributed by atoms with Gasteiger partial charge in [0.1, 0.15) is 11.3 Å². The number of benzene rings is 1. The maximum atomic E-state index is 12.7. The van der Waals surface area contributed by atoms with E-state index in [2.05, 4.69) is 5.32 Å². The van der Waals surface area contributed by atoms with E-state index in [1.54, 1.807) is 12.1 Å². The molecule has 7 heteroatoms. The average Bonchev–Trinajstić information content (AvgIpc) is 2.99. The van der Waals surface area contributed by atoms with Gasteiger partial charge < -0.3 is 14.2 Å². The van der Waals surface area contributed by atoms with Gasteiger partial charge in [-0.05, 0) is 43.2 Å². The molecule has 0 radical (unpaired) electrons. The van der Waals surface area contributed by atoms with Gasteiger partial charge in [0.15, 0.2) is 5.76 Å². The molecule has 24 heavy (non-hydrogen) atoms. The molecule has 1 amide bonds. The van der Waals surface area contributed by atoms with Crippen LogP contribution in [0.2, 0.25) is 0 Å². The molecular weight excluding hydrogens is 323 g/mol. The Balaban J connectivity index is 1.61.